The first kappa shape index (κ1) is 14.8. The zero-order valence-electron chi connectivity index (χ0n) is 13.4. The number of morpholine rings is 1. The van der Waals surface area contributed by atoms with Crippen molar-refractivity contribution in [2.75, 3.05) is 46.5 Å². The lowest BCUT2D eigenvalue weighted by molar-refractivity contribution is -0.159. The van der Waals surface area contributed by atoms with Crippen molar-refractivity contribution in [3.8, 4) is 11.5 Å². The fraction of sp³-hybridized carbons (Fsp3) is 0.588. The summed E-state index contributed by atoms with van der Waals surface area (Å²) < 4.78 is 17.1. The third-order valence-electron chi connectivity index (χ3n) is 4.86. The summed E-state index contributed by atoms with van der Waals surface area (Å²) in [5, 5.41) is 0. The second kappa shape index (κ2) is 5.69. The molecule has 1 amide bonds. The third-order valence-corrected chi connectivity index (χ3v) is 4.86. The fourth-order valence-corrected chi connectivity index (χ4v) is 3.64. The Hall–Kier alpha value is -1.79. The normalized spacial score (nSPS) is 27.7. The number of fused-ring (bicyclic) bond motifs is 1. The van der Waals surface area contributed by atoms with Gasteiger partial charge >= 0.3 is 0 Å². The van der Waals surface area contributed by atoms with Gasteiger partial charge in [0.2, 0.25) is 5.91 Å². The van der Waals surface area contributed by atoms with E-state index in [-0.39, 0.29) is 18.1 Å². The topological polar surface area (TPSA) is 51.2 Å². The van der Waals surface area contributed by atoms with Gasteiger partial charge in [-0.2, -0.15) is 0 Å². The van der Waals surface area contributed by atoms with Gasteiger partial charge in [0.15, 0.2) is 11.5 Å². The Labute approximate surface area is 135 Å². The van der Waals surface area contributed by atoms with Gasteiger partial charge in [-0.05, 0) is 24.1 Å². The van der Waals surface area contributed by atoms with Crippen LogP contribution in [0.4, 0.5) is 0 Å². The van der Waals surface area contributed by atoms with Crippen molar-refractivity contribution >= 4 is 5.91 Å². The first-order chi connectivity index (χ1) is 11.1. The Morgan fingerprint density at radius 3 is 2.83 bits per heavy atom. The number of likely N-dealkylation sites (N-methyl/N-ethyl adjacent to an activating group) is 1. The molecule has 0 aromatic heterocycles. The number of ether oxygens (including phenoxy) is 3. The van der Waals surface area contributed by atoms with Gasteiger partial charge in [0, 0.05) is 26.7 Å². The Bertz CT molecular complexity index is 621. The molecule has 0 radical (unpaired) electrons. The summed E-state index contributed by atoms with van der Waals surface area (Å²) in [4.78, 5) is 15.8. The van der Waals surface area contributed by atoms with Crippen molar-refractivity contribution in [2.45, 2.75) is 18.6 Å². The smallest absolute Gasteiger partial charge is 0.248 e. The predicted octanol–water partition coefficient (Wildman–Crippen LogP) is 0.891. The highest BCUT2D eigenvalue weighted by molar-refractivity contribution is 5.78. The number of hydrogen-bond donors (Lipinski definition) is 0. The van der Waals surface area contributed by atoms with Crippen molar-refractivity contribution in [3.05, 3.63) is 23.8 Å². The zero-order chi connectivity index (χ0) is 15.9. The summed E-state index contributed by atoms with van der Waals surface area (Å²) in [7, 11) is 1.86. The molecule has 0 bridgehead atoms. The minimum Gasteiger partial charge on any atom is -0.486 e. The van der Waals surface area contributed by atoms with E-state index >= 15 is 0 Å². The lowest BCUT2D eigenvalue weighted by atomic mass is 10.0. The van der Waals surface area contributed by atoms with Crippen LogP contribution in [0.2, 0.25) is 0 Å². The molecule has 1 aromatic carbocycles. The second-order valence-corrected chi connectivity index (χ2v) is 6.66. The molecule has 6 nitrogen and oxygen atoms in total. The van der Waals surface area contributed by atoms with E-state index in [4.69, 9.17) is 14.2 Å². The van der Waals surface area contributed by atoms with Gasteiger partial charge < -0.3 is 19.1 Å². The number of carbonyl (C=O) groups is 1. The fourth-order valence-electron chi connectivity index (χ4n) is 3.64. The molecule has 3 aliphatic rings. The summed E-state index contributed by atoms with van der Waals surface area (Å²) in [5.41, 5.74) is 1.02. The van der Waals surface area contributed by atoms with Crippen LogP contribution in [0.5, 0.6) is 11.5 Å². The molecule has 1 aromatic rings. The summed E-state index contributed by atoms with van der Waals surface area (Å²) in [6.45, 7) is 4.81. The average Bonchev–Trinajstić information content (AvgIpc) is 2.94. The maximum absolute atomic E-state index is 11.6. The van der Waals surface area contributed by atoms with Crippen molar-refractivity contribution < 1.29 is 19.0 Å². The Morgan fingerprint density at radius 1 is 1.17 bits per heavy atom. The van der Waals surface area contributed by atoms with Gasteiger partial charge in [0.1, 0.15) is 25.4 Å². The molecule has 4 rings (SSSR count). The molecule has 0 unspecified atom stereocenters. The minimum absolute atomic E-state index is 0.0703. The first-order valence-electron chi connectivity index (χ1n) is 8.12. The minimum atomic E-state index is -0.198. The van der Waals surface area contributed by atoms with Gasteiger partial charge in [-0.25, -0.2) is 0 Å². The highest BCUT2D eigenvalue weighted by atomic mass is 16.6. The Balaban J connectivity index is 1.42. The second-order valence-electron chi connectivity index (χ2n) is 6.66. The lowest BCUT2D eigenvalue weighted by Crippen LogP contribution is -2.54. The van der Waals surface area contributed by atoms with Gasteiger partial charge in [0.05, 0.1) is 6.54 Å². The van der Waals surface area contributed by atoms with Crippen molar-refractivity contribution in [3.63, 3.8) is 0 Å². The number of hydrogen-bond acceptors (Lipinski definition) is 5. The van der Waals surface area contributed by atoms with E-state index in [1.165, 1.54) is 5.56 Å². The van der Waals surface area contributed by atoms with E-state index in [9.17, 15) is 4.79 Å². The van der Waals surface area contributed by atoms with Gasteiger partial charge in [-0.15, -0.1) is 0 Å². The molecule has 23 heavy (non-hydrogen) atoms. The number of benzene rings is 1. The molecule has 0 N–H and O–H groups in total. The number of nitrogens with zero attached hydrogens (tertiary/aromatic N) is 2. The van der Waals surface area contributed by atoms with Crippen molar-refractivity contribution in [1.29, 1.82) is 0 Å². The average molecular weight is 318 g/mol. The third kappa shape index (κ3) is 2.88. The largest absolute Gasteiger partial charge is 0.486 e. The molecular formula is C17H22N2O4. The summed E-state index contributed by atoms with van der Waals surface area (Å²) in [5.74, 6) is 1.73. The molecule has 1 spiro atoms. The molecule has 0 saturated carbocycles. The maximum atomic E-state index is 11.6. The van der Waals surface area contributed by atoms with Crippen LogP contribution in [0.15, 0.2) is 18.2 Å². The molecule has 6 heteroatoms. The lowest BCUT2D eigenvalue weighted by Gasteiger charge is -2.38. The molecule has 3 aliphatic heterocycles. The molecule has 1 atom stereocenters. The quantitative estimate of drug-likeness (QED) is 0.811. The monoisotopic (exact) mass is 318 g/mol. The van der Waals surface area contributed by atoms with Gasteiger partial charge in [0.25, 0.3) is 0 Å². The summed E-state index contributed by atoms with van der Waals surface area (Å²) >= 11 is 0. The van der Waals surface area contributed by atoms with Crippen LogP contribution in [0.3, 0.4) is 0 Å². The van der Waals surface area contributed by atoms with Gasteiger partial charge in [-0.3, -0.25) is 9.69 Å². The number of rotatable bonds is 2. The molecule has 0 aliphatic carbocycles. The van der Waals surface area contributed by atoms with Gasteiger partial charge in [-0.1, -0.05) is 6.07 Å². The predicted molar refractivity (Wildman–Crippen MR) is 83.6 cm³/mol. The van der Waals surface area contributed by atoms with Crippen LogP contribution in [0.1, 0.15) is 12.0 Å². The van der Waals surface area contributed by atoms with Crippen LogP contribution in [-0.4, -0.2) is 67.8 Å². The molecular weight excluding hydrogens is 296 g/mol. The van der Waals surface area contributed by atoms with Crippen molar-refractivity contribution in [2.24, 2.45) is 0 Å². The highest BCUT2D eigenvalue weighted by Gasteiger charge is 2.43. The zero-order valence-corrected chi connectivity index (χ0v) is 13.4. The van der Waals surface area contributed by atoms with Crippen LogP contribution in [-0.2, 0) is 16.1 Å². The standard InChI is InChI=1S/C17H22N2O4/c1-18-11-17(23-10-16(18)20)4-5-19(12-17)9-13-2-3-14-15(8-13)22-7-6-21-14/h2-3,8H,4-7,9-12H2,1H3/t17-/m1/s1. The molecule has 3 heterocycles. The van der Waals surface area contributed by atoms with E-state index in [0.717, 1.165) is 37.6 Å². The Kier molecular flexibility index (Phi) is 3.66. The van der Waals surface area contributed by atoms with E-state index < -0.39 is 0 Å². The van der Waals surface area contributed by atoms with Crippen LogP contribution < -0.4 is 9.47 Å². The van der Waals surface area contributed by atoms with Crippen LogP contribution in [0, 0.1) is 0 Å². The molecule has 2 saturated heterocycles. The maximum Gasteiger partial charge on any atom is 0.248 e. The van der Waals surface area contributed by atoms with E-state index in [2.05, 4.69) is 17.0 Å². The highest BCUT2D eigenvalue weighted by Crippen LogP contribution is 2.33. The van der Waals surface area contributed by atoms with Crippen molar-refractivity contribution in [1.82, 2.24) is 9.80 Å². The molecule has 124 valence electrons. The number of carbonyl (C=O) groups excluding carboxylic acids is 1. The van der Waals surface area contributed by atoms with E-state index in [1.807, 2.05) is 13.1 Å². The SMILES string of the molecule is CN1C[C@@]2(CCN(Cc3ccc4c(c3)OCCO4)C2)OCC1=O. The van der Waals surface area contributed by atoms with Crippen LogP contribution in [0.25, 0.3) is 0 Å². The number of amides is 1. The summed E-state index contributed by atoms with van der Waals surface area (Å²) in [6.07, 6.45) is 0.967. The molecule has 2 fully saturated rings. The number of likely N-dealkylation sites (tertiary alicyclic amines) is 1. The van der Waals surface area contributed by atoms with E-state index in [0.29, 0.717) is 19.8 Å². The van der Waals surface area contributed by atoms with Crippen LogP contribution >= 0.6 is 0 Å². The van der Waals surface area contributed by atoms with E-state index in [1.54, 1.807) is 4.90 Å². The summed E-state index contributed by atoms with van der Waals surface area (Å²) in [6, 6.07) is 6.14. The Morgan fingerprint density at radius 2 is 2.00 bits per heavy atom. The first-order valence-corrected chi connectivity index (χ1v) is 8.12.